The molecule has 2 atom stereocenters. The monoisotopic (exact) mass is 517 g/mol. The molecule has 0 aliphatic carbocycles. The normalized spacial score (nSPS) is 19.9. The highest BCUT2D eigenvalue weighted by Crippen LogP contribution is 2.45. The fraction of sp³-hybridized carbons (Fsp3) is 0.179. The molecule has 5 rings (SSSR count). The number of hydrogen-bond acceptors (Lipinski definition) is 7. The summed E-state index contributed by atoms with van der Waals surface area (Å²) in [6.07, 6.45) is 1.21. The van der Waals surface area contributed by atoms with Gasteiger partial charge in [0.2, 0.25) is 0 Å². The zero-order valence-corrected chi connectivity index (χ0v) is 21.0. The average molecular weight is 518 g/mol. The molecule has 0 saturated carbocycles. The van der Waals surface area contributed by atoms with E-state index >= 15 is 0 Å². The maximum absolute atomic E-state index is 13.7. The van der Waals surface area contributed by atoms with Crippen molar-refractivity contribution in [2.45, 2.75) is 24.4 Å². The van der Waals surface area contributed by atoms with Gasteiger partial charge in [0.25, 0.3) is 5.91 Å². The van der Waals surface area contributed by atoms with Crippen LogP contribution in [-0.4, -0.2) is 40.8 Å². The molecule has 1 aromatic heterocycles. The van der Waals surface area contributed by atoms with Gasteiger partial charge in [-0.2, -0.15) is 0 Å². The molecule has 3 heterocycles. The largest absolute Gasteiger partial charge is 0.461 e. The smallest absolute Gasteiger partial charge is 0.334 e. The quantitative estimate of drug-likeness (QED) is 0.244. The van der Waals surface area contributed by atoms with Crippen molar-refractivity contribution >= 4 is 47.0 Å². The maximum atomic E-state index is 13.7. The predicted molar refractivity (Wildman–Crippen MR) is 140 cm³/mol. The van der Waals surface area contributed by atoms with Gasteiger partial charge >= 0.3 is 11.9 Å². The van der Waals surface area contributed by atoms with Crippen LogP contribution in [0.4, 0.5) is 0 Å². The van der Waals surface area contributed by atoms with Crippen LogP contribution >= 0.6 is 23.1 Å². The Morgan fingerprint density at radius 3 is 2.25 bits per heavy atom. The number of nitrogens with zero attached hydrogens (tertiary/aromatic N) is 1. The van der Waals surface area contributed by atoms with Gasteiger partial charge in [0, 0.05) is 17.4 Å². The van der Waals surface area contributed by atoms with Gasteiger partial charge < -0.3 is 14.4 Å². The zero-order valence-electron chi connectivity index (χ0n) is 19.4. The van der Waals surface area contributed by atoms with Crippen molar-refractivity contribution in [3.05, 3.63) is 111 Å². The van der Waals surface area contributed by atoms with Crippen LogP contribution in [0.25, 0.3) is 6.08 Å². The Morgan fingerprint density at radius 1 is 1.00 bits per heavy atom. The molecule has 8 heteroatoms. The fourth-order valence-electron chi connectivity index (χ4n) is 4.22. The Bertz CT molecular complexity index is 1280. The number of thioether (sulfide) groups is 1. The molecule has 2 aliphatic heterocycles. The number of amides is 1. The number of esters is 2. The van der Waals surface area contributed by atoms with E-state index in [9.17, 15) is 14.4 Å². The second kappa shape index (κ2) is 10.6. The van der Waals surface area contributed by atoms with E-state index < -0.39 is 24.1 Å². The van der Waals surface area contributed by atoms with Gasteiger partial charge in [0.05, 0.1) is 5.57 Å². The Morgan fingerprint density at radius 2 is 1.67 bits per heavy atom. The van der Waals surface area contributed by atoms with Crippen molar-refractivity contribution in [2.24, 2.45) is 0 Å². The standard InChI is InChI=1S/C28H23NO5S2/c1-18(30)33-16-21-17-36-27-23(15-22-13-8-14-35-22)26(31)29(27)24(21)28(32)34-25(19-9-4-2-5-10-19)20-11-6-3-7-12-20/h2-15,17,24-25,27H,16H2,1H3/t24-,27-/m1/s1. The Hall–Kier alpha value is -3.62. The maximum Gasteiger partial charge on any atom is 0.334 e. The van der Waals surface area contributed by atoms with Crippen LogP contribution in [0.1, 0.15) is 29.0 Å². The second-order valence-corrected chi connectivity index (χ2v) is 10.3. The highest BCUT2D eigenvalue weighted by Gasteiger charge is 2.52. The lowest BCUT2D eigenvalue weighted by Crippen LogP contribution is -2.62. The number of β-lactam (4-membered cyclic amide) rings is 1. The number of benzene rings is 2. The number of thiophene rings is 1. The number of fused-ring (bicyclic) bond motifs is 1. The summed E-state index contributed by atoms with van der Waals surface area (Å²) < 4.78 is 11.3. The van der Waals surface area contributed by atoms with Gasteiger partial charge in [-0.3, -0.25) is 9.59 Å². The van der Waals surface area contributed by atoms with Crippen molar-refractivity contribution in [1.29, 1.82) is 0 Å². The number of hydrogen-bond donors (Lipinski definition) is 0. The van der Waals surface area contributed by atoms with Crippen LogP contribution in [0.2, 0.25) is 0 Å². The minimum Gasteiger partial charge on any atom is -0.461 e. The molecule has 0 unspecified atom stereocenters. The van der Waals surface area contributed by atoms with E-state index in [1.165, 1.54) is 23.6 Å². The lowest BCUT2D eigenvalue weighted by atomic mass is 9.96. The van der Waals surface area contributed by atoms with E-state index in [2.05, 4.69) is 0 Å². The summed E-state index contributed by atoms with van der Waals surface area (Å²) in [6.45, 7) is 1.22. The second-order valence-electron chi connectivity index (χ2n) is 8.33. The summed E-state index contributed by atoms with van der Waals surface area (Å²) in [5.41, 5.74) is 2.78. The number of carbonyl (C=O) groups excluding carboxylic acids is 3. The molecule has 3 aromatic rings. The van der Waals surface area contributed by atoms with Gasteiger partial charge in [-0.25, -0.2) is 4.79 Å². The molecular formula is C28H23NO5S2. The van der Waals surface area contributed by atoms with E-state index in [4.69, 9.17) is 9.47 Å². The van der Waals surface area contributed by atoms with Crippen molar-refractivity contribution in [3.8, 4) is 0 Å². The summed E-state index contributed by atoms with van der Waals surface area (Å²) in [6, 6.07) is 21.8. The molecule has 6 nitrogen and oxygen atoms in total. The van der Waals surface area contributed by atoms with Gasteiger partial charge in [0.1, 0.15) is 12.0 Å². The van der Waals surface area contributed by atoms with Crippen LogP contribution < -0.4 is 0 Å². The lowest BCUT2D eigenvalue weighted by molar-refractivity contribution is -0.159. The first kappa shape index (κ1) is 24.1. The SMILES string of the molecule is CC(=O)OCC1=CS[C@@H]2C(=Cc3cccs3)C(=O)N2[C@H]1C(=O)OC(c1ccccc1)c1ccccc1. The lowest BCUT2D eigenvalue weighted by Gasteiger charge is -2.48. The molecule has 2 aliphatic rings. The van der Waals surface area contributed by atoms with E-state index in [0.717, 1.165) is 16.0 Å². The highest BCUT2D eigenvalue weighted by atomic mass is 32.2. The van der Waals surface area contributed by atoms with E-state index in [1.807, 2.05) is 89.7 Å². The molecule has 1 saturated heterocycles. The summed E-state index contributed by atoms with van der Waals surface area (Å²) in [7, 11) is 0. The van der Waals surface area contributed by atoms with Crippen molar-refractivity contribution in [1.82, 2.24) is 4.90 Å². The third-order valence-electron chi connectivity index (χ3n) is 5.92. The Balaban J connectivity index is 1.46. The number of carbonyl (C=O) groups is 3. The predicted octanol–water partition coefficient (Wildman–Crippen LogP) is 5.20. The molecule has 182 valence electrons. The molecule has 36 heavy (non-hydrogen) atoms. The van der Waals surface area contributed by atoms with Gasteiger partial charge in [0.15, 0.2) is 12.1 Å². The fourth-order valence-corrected chi connectivity index (χ4v) is 6.05. The van der Waals surface area contributed by atoms with E-state index in [0.29, 0.717) is 11.1 Å². The summed E-state index contributed by atoms with van der Waals surface area (Å²) in [5.74, 6) is -1.26. The third-order valence-corrected chi connectivity index (χ3v) is 7.92. The van der Waals surface area contributed by atoms with Crippen molar-refractivity contribution in [3.63, 3.8) is 0 Å². The molecule has 1 amide bonds. The van der Waals surface area contributed by atoms with Crippen LogP contribution in [0.5, 0.6) is 0 Å². The summed E-state index contributed by atoms with van der Waals surface area (Å²) >= 11 is 2.96. The Kier molecular flexibility index (Phi) is 7.06. The molecule has 2 aromatic carbocycles. The van der Waals surface area contributed by atoms with Crippen LogP contribution in [0.15, 0.2) is 94.7 Å². The van der Waals surface area contributed by atoms with Gasteiger partial charge in [-0.05, 0) is 34.1 Å². The van der Waals surface area contributed by atoms with Crippen LogP contribution in [0.3, 0.4) is 0 Å². The van der Waals surface area contributed by atoms with E-state index in [1.54, 1.807) is 11.3 Å². The highest BCUT2D eigenvalue weighted by molar-refractivity contribution is 8.03. The van der Waals surface area contributed by atoms with Gasteiger partial charge in [-0.15, -0.1) is 23.1 Å². The number of ether oxygens (including phenoxy) is 2. The number of rotatable bonds is 7. The molecule has 1 fully saturated rings. The molecule has 0 N–H and O–H groups in total. The topological polar surface area (TPSA) is 72.9 Å². The average Bonchev–Trinajstić information content (AvgIpc) is 3.43. The first-order valence-electron chi connectivity index (χ1n) is 11.4. The summed E-state index contributed by atoms with van der Waals surface area (Å²) in [4.78, 5) is 41.0. The summed E-state index contributed by atoms with van der Waals surface area (Å²) in [5, 5.41) is 3.45. The third kappa shape index (κ3) is 4.87. The minimum atomic E-state index is -0.987. The minimum absolute atomic E-state index is 0.0933. The molecular weight excluding hydrogens is 494 g/mol. The van der Waals surface area contributed by atoms with Gasteiger partial charge in [-0.1, -0.05) is 66.7 Å². The zero-order chi connectivity index (χ0) is 25.1. The van der Waals surface area contributed by atoms with E-state index in [-0.39, 0.29) is 17.9 Å². The molecule has 0 spiro atoms. The van der Waals surface area contributed by atoms with Crippen LogP contribution in [0, 0.1) is 0 Å². The first-order chi connectivity index (χ1) is 17.5. The Labute approximate surface area is 217 Å². The first-order valence-corrected chi connectivity index (χ1v) is 13.2. The van der Waals surface area contributed by atoms with Crippen molar-refractivity contribution in [2.75, 3.05) is 6.61 Å². The van der Waals surface area contributed by atoms with Crippen LogP contribution in [-0.2, 0) is 23.9 Å². The van der Waals surface area contributed by atoms with Crippen molar-refractivity contribution < 1.29 is 23.9 Å². The molecule has 0 radical (unpaired) electrons. The molecule has 0 bridgehead atoms.